The highest BCUT2D eigenvalue weighted by atomic mass is 16.5. The summed E-state index contributed by atoms with van der Waals surface area (Å²) in [5, 5.41) is 21.6. The van der Waals surface area contributed by atoms with Gasteiger partial charge < -0.3 is 25.0 Å². The zero-order chi connectivity index (χ0) is 13.7. The number of fused-ring (bicyclic) bond motifs is 1. The molecule has 0 aliphatic carbocycles. The van der Waals surface area contributed by atoms with E-state index in [-0.39, 0.29) is 13.2 Å². The number of nitrogens with one attached hydrogen (secondary N) is 1. The first-order valence-electron chi connectivity index (χ1n) is 6.52. The molecule has 0 radical (unpaired) electrons. The highest BCUT2D eigenvalue weighted by Crippen LogP contribution is 2.30. The third-order valence-corrected chi connectivity index (χ3v) is 3.23. The van der Waals surface area contributed by atoms with Crippen LogP contribution in [-0.2, 0) is 6.54 Å². The SMILES string of the molecule is CC(CO)(CO)NCc1ccc2c(c1)OCCCO2. The Hall–Kier alpha value is -1.30. The first-order chi connectivity index (χ1) is 9.17. The van der Waals surface area contributed by atoms with Gasteiger partial charge in [0.2, 0.25) is 0 Å². The second kappa shape index (κ2) is 6.23. The largest absolute Gasteiger partial charge is 0.490 e. The van der Waals surface area contributed by atoms with Crippen molar-refractivity contribution >= 4 is 0 Å². The zero-order valence-corrected chi connectivity index (χ0v) is 11.2. The minimum absolute atomic E-state index is 0.117. The zero-order valence-electron chi connectivity index (χ0n) is 11.2. The summed E-state index contributed by atoms with van der Waals surface area (Å²) in [6, 6.07) is 5.78. The van der Waals surface area contributed by atoms with Gasteiger partial charge in [-0.1, -0.05) is 6.07 Å². The Kier molecular flexibility index (Phi) is 4.63. The first kappa shape index (κ1) is 14.1. The summed E-state index contributed by atoms with van der Waals surface area (Å²) in [4.78, 5) is 0. The van der Waals surface area contributed by atoms with Gasteiger partial charge in [0.05, 0.1) is 32.0 Å². The van der Waals surface area contributed by atoms with Crippen molar-refractivity contribution in [2.45, 2.75) is 25.4 Å². The normalized spacial score (nSPS) is 15.1. The molecule has 1 aromatic rings. The van der Waals surface area contributed by atoms with E-state index in [4.69, 9.17) is 9.47 Å². The molecule has 0 atom stereocenters. The van der Waals surface area contributed by atoms with Crippen molar-refractivity contribution in [1.82, 2.24) is 5.32 Å². The van der Waals surface area contributed by atoms with E-state index in [1.807, 2.05) is 18.2 Å². The van der Waals surface area contributed by atoms with Gasteiger partial charge in [-0.15, -0.1) is 0 Å². The fraction of sp³-hybridized carbons (Fsp3) is 0.571. The van der Waals surface area contributed by atoms with Gasteiger partial charge in [-0.2, -0.15) is 0 Å². The lowest BCUT2D eigenvalue weighted by atomic mass is 10.0. The summed E-state index contributed by atoms with van der Waals surface area (Å²) < 4.78 is 11.2. The molecule has 1 aliphatic heterocycles. The minimum Gasteiger partial charge on any atom is -0.490 e. The Morgan fingerprint density at radius 2 is 1.84 bits per heavy atom. The van der Waals surface area contributed by atoms with Crippen molar-refractivity contribution in [2.75, 3.05) is 26.4 Å². The van der Waals surface area contributed by atoms with Crippen LogP contribution in [0.5, 0.6) is 11.5 Å². The summed E-state index contributed by atoms with van der Waals surface area (Å²) in [6.07, 6.45) is 0.884. The van der Waals surface area contributed by atoms with Gasteiger partial charge in [-0.3, -0.25) is 0 Å². The molecule has 0 spiro atoms. The smallest absolute Gasteiger partial charge is 0.161 e. The number of hydrogen-bond donors (Lipinski definition) is 3. The Labute approximate surface area is 113 Å². The minimum atomic E-state index is -0.676. The number of hydrogen-bond acceptors (Lipinski definition) is 5. The molecule has 1 aromatic carbocycles. The van der Waals surface area contributed by atoms with E-state index in [9.17, 15) is 10.2 Å². The maximum atomic E-state index is 9.23. The summed E-state index contributed by atoms with van der Waals surface area (Å²) >= 11 is 0. The van der Waals surface area contributed by atoms with E-state index in [1.54, 1.807) is 6.92 Å². The van der Waals surface area contributed by atoms with Crippen LogP contribution in [-0.4, -0.2) is 42.2 Å². The van der Waals surface area contributed by atoms with Gasteiger partial charge >= 0.3 is 0 Å². The van der Waals surface area contributed by atoms with Gasteiger partial charge in [0, 0.05) is 13.0 Å². The molecular formula is C14H21NO4. The van der Waals surface area contributed by atoms with E-state index >= 15 is 0 Å². The van der Waals surface area contributed by atoms with Crippen LogP contribution in [0.4, 0.5) is 0 Å². The van der Waals surface area contributed by atoms with Gasteiger partial charge in [0.25, 0.3) is 0 Å². The molecule has 0 bridgehead atoms. The maximum Gasteiger partial charge on any atom is 0.161 e. The molecular weight excluding hydrogens is 246 g/mol. The monoisotopic (exact) mass is 267 g/mol. The van der Waals surface area contributed by atoms with Crippen molar-refractivity contribution in [3.8, 4) is 11.5 Å². The summed E-state index contributed by atoms with van der Waals surface area (Å²) in [6.45, 7) is 3.43. The molecule has 0 unspecified atom stereocenters. The number of aliphatic hydroxyl groups is 2. The Morgan fingerprint density at radius 1 is 1.16 bits per heavy atom. The molecule has 19 heavy (non-hydrogen) atoms. The lowest BCUT2D eigenvalue weighted by Crippen LogP contribution is -2.48. The van der Waals surface area contributed by atoms with E-state index in [0.717, 1.165) is 23.5 Å². The molecule has 1 heterocycles. The predicted molar refractivity (Wildman–Crippen MR) is 71.5 cm³/mol. The third kappa shape index (κ3) is 3.59. The molecule has 5 heteroatoms. The first-order valence-corrected chi connectivity index (χ1v) is 6.52. The topological polar surface area (TPSA) is 71.0 Å². The Balaban J connectivity index is 2.04. The molecule has 1 aliphatic rings. The fourth-order valence-electron chi connectivity index (χ4n) is 1.79. The highest BCUT2D eigenvalue weighted by Gasteiger charge is 2.21. The average Bonchev–Trinajstić information content (AvgIpc) is 2.69. The Morgan fingerprint density at radius 3 is 2.53 bits per heavy atom. The Bertz CT molecular complexity index is 418. The second-order valence-electron chi connectivity index (χ2n) is 5.06. The van der Waals surface area contributed by atoms with Crippen LogP contribution in [0.2, 0.25) is 0 Å². The van der Waals surface area contributed by atoms with E-state index in [2.05, 4.69) is 5.32 Å². The van der Waals surface area contributed by atoms with Gasteiger partial charge in [-0.25, -0.2) is 0 Å². The third-order valence-electron chi connectivity index (χ3n) is 3.23. The number of aliphatic hydroxyl groups excluding tert-OH is 2. The van der Waals surface area contributed by atoms with E-state index in [0.29, 0.717) is 19.8 Å². The fourth-order valence-corrected chi connectivity index (χ4v) is 1.79. The molecule has 3 N–H and O–H groups in total. The summed E-state index contributed by atoms with van der Waals surface area (Å²) in [5.74, 6) is 1.53. The second-order valence-corrected chi connectivity index (χ2v) is 5.06. The van der Waals surface area contributed by atoms with Crippen LogP contribution in [0, 0.1) is 0 Å². The standard InChI is InChI=1S/C14H21NO4/c1-14(9-16,10-17)15-8-11-3-4-12-13(7-11)19-6-2-5-18-12/h3-4,7,15-17H,2,5-6,8-10H2,1H3. The highest BCUT2D eigenvalue weighted by molar-refractivity contribution is 5.43. The molecule has 2 rings (SSSR count). The average molecular weight is 267 g/mol. The van der Waals surface area contributed by atoms with Crippen molar-refractivity contribution in [2.24, 2.45) is 0 Å². The van der Waals surface area contributed by atoms with Crippen molar-refractivity contribution < 1.29 is 19.7 Å². The van der Waals surface area contributed by atoms with E-state index in [1.165, 1.54) is 0 Å². The lowest BCUT2D eigenvalue weighted by molar-refractivity contribution is 0.103. The van der Waals surface area contributed by atoms with Crippen LogP contribution in [0.15, 0.2) is 18.2 Å². The molecule has 0 saturated carbocycles. The molecule has 106 valence electrons. The molecule has 0 aromatic heterocycles. The van der Waals surface area contributed by atoms with Crippen LogP contribution in [0.3, 0.4) is 0 Å². The molecule has 5 nitrogen and oxygen atoms in total. The maximum absolute atomic E-state index is 9.23. The number of ether oxygens (including phenoxy) is 2. The predicted octanol–water partition coefficient (Wildman–Crippen LogP) is 0.681. The quantitative estimate of drug-likeness (QED) is 0.732. The van der Waals surface area contributed by atoms with Gasteiger partial charge in [0.15, 0.2) is 11.5 Å². The van der Waals surface area contributed by atoms with Crippen molar-refractivity contribution in [3.05, 3.63) is 23.8 Å². The summed E-state index contributed by atoms with van der Waals surface area (Å²) in [7, 11) is 0. The van der Waals surface area contributed by atoms with Crippen LogP contribution in [0.25, 0.3) is 0 Å². The molecule has 0 saturated heterocycles. The van der Waals surface area contributed by atoms with Crippen molar-refractivity contribution in [1.29, 1.82) is 0 Å². The van der Waals surface area contributed by atoms with Crippen LogP contribution in [0.1, 0.15) is 18.9 Å². The number of rotatable bonds is 5. The van der Waals surface area contributed by atoms with Crippen LogP contribution >= 0.6 is 0 Å². The molecule has 0 fully saturated rings. The van der Waals surface area contributed by atoms with Crippen molar-refractivity contribution in [3.63, 3.8) is 0 Å². The number of benzene rings is 1. The van der Waals surface area contributed by atoms with Crippen LogP contribution < -0.4 is 14.8 Å². The lowest BCUT2D eigenvalue weighted by Gasteiger charge is -2.26. The molecule has 0 amide bonds. The van der Waals surface area contributed by atoms with Gasteiger partial charge in [-0.05, 0) is 24.6 Å². The van der Waals surface area contributed by atoms with Gasteiger partial charge in [0.1, 0.15) is 0 Å². The summed E-state index contributed by atoms with van der Waals surface area (Å²) in [5.41, 5.74) is 0.349. The van der Waals surface area contributed by atoms with E-state index < -0.39 is 5.54 Å².